The van der Waals surface area contributed by atoms with Crippen molar-refractivity contribution in [1.82, 2.24) is 24.8 Å². The first-order valence-electron chi connectivity index (χ1n) is 9.11. The fraction of sp³-hybridized carbons (Fsp3) is 0.444. The molecule has 3 aromatic rings. The monoisotopic (exact) mass is 401 g/mol. The third-order valence-corrected chi connectivity index (χ3v) is 6.96. The molecule has 0 bridgehead atoms. The number of nitrogens with one attached hydrogen (secondary N) is 1. The number of ether oxygens (including phenoxy) is 1. The maximum atomic E-state index is 11.7. The number of thiophene rings is 1. The van der Waals surface area contributed by atoms with E-state index in [1.165, 1.54) is 40.9 Å². The lowest BCUT2D eigenvalue weighted by molar-refractivity contribution is 0.0330. The van der Waals surface area contributed by atoms with E-state index in [1.807, 2.05) is 0 Å². The van der Waals surface area contributed by atoms with Crippen molar-refractivity contribution in [2.24, 2.45) is 0 Å². The van der Waals surface area contributed by atoms with Crippen molar-refractivity contribution >= 4 is 33.3 Å². The van der Waals surface area contributed by atoms with Crippen LogP contribution in [0.4, 0.5) is 0 Å². The third kappa shape index (κ3) is 3.52. The molecule has 0 spiro atoms. The van der Waals surface area contributed by atoms with Crippen LogP contribution in [0, 0.1) is 0 Å². The van der Waals surface area contributed by atoms with E-state index in [-0.39, 0.29) is 5.56 Å². The van der Waals surface area contributed by atoms with Crippen LogP contribution in [0.15, 0.2) is 27.2 Å². The first-order chi connectivity index (χ1) is 13.3. The van der Waals surface area contributed by atoms with Gasteiger partial charge >= 0.3 is 0 Å². The van der Waals surface area contributed by atoms with E-state index < -0.39 is 0 Å². The van der Waals surface area contributed by atoms with Crippen molar-refractivity contribution in [1.29, 1.82) is 0 Å². The van der Waals surface area contributed by atoms with Gasteiger partial charge in [-0.25, -0.2) is 15.0 Å². The summed E-state index contributed by atoms with van der Waals surface area (Å²) in [6.07, 6.45) is 4.93. The summed E-state index contributed by atoms with van der Waals surface area (Å²) in [4.78, 5) is 33.3. The highest BCUT2D eigenvalue weighted by atomic mass is 32.2. The molecule has 1 saturated heterocycles. The maximum Gasteiger partial charge on any atom is 0.251 e. The SMILES string of the molecule is O=c1ccnc(Sc2nc(CN3CCOCC3)nc3sc4c(c23)CCC4)[nH]1. The number of rotatable bonds is 4. The molecule has 1 aliphatic carbocycles. The Morgan fingerprint density at radius 2 is 2.15 bits per heavy atom. The second-order valence-corrected chi connectivity index (χ2v) is 8.77. The number of H-pyrrole nitrogens is 1. The Balaban J connectivity index is 1.56. The highest BCUT2D eigenvalue weighted by molar-refractivity contribution is 7.99. The Morgan fingerprint density at radius 3 is 3.00 bits per heavy atom. The summed E-state index contributed by atoms with van der Waals surface area (Å²) in [7, 11) is 0. The smallest absolute Gasteiger partial charge is 0.251 e. The van der Waals surface area contributed by atoms with Crippen LogP contribution in [-0.2, 0) is 24.1 Å². The normalized spacial score (nSPS) is 17.5. The van der Waals surface area contributed by atoms with Crippen molar-refractivity contribution in [2.75, 3.05) is 26.3 Å². The van der Waals surface area contributed by atoms with Crippen LogP contribution in [0.25, 0.3) is 10.2 Å². The lowest BCUT2D eigenvalue weighted by Crippen LogP contribution is -2.36. The number of hydrogen-bond donors (Lipinski definition) is 1. The van der Waals surface area contributed by atoms with Gasteiger partial charge in [-0.1, -0.05) is 0 Å². The molecular weight excluding hydrogens is 382 g/mol. The van der Waals surface area contributed by atoms with Gasteiger partial charge < -0.3 is 9.72 Å². The standard InChI is InChI=1S/C18H19N5O2S2/c24-14-4-5-19-18(22-14)27-17-15-11-2-1-3-12(11)26-16(15)20-13(21-17)10-23-6-8-25-9-7-23/h4-5H,1-3,6-10H2,(H,19,22,24). The van der Waals surface area contributed by atoms with Crippen LogP contribution in [-0.4, -0.2) is 51.1 Å². The molecule has 140 valence electrons. The van der Waals surface area contributed by atoms with Gasteiger partial charge in [0.05, 0.1) is 19.8 Å². The summed E-state index contributed by atoms with van der Waals surface area (Å²) >= 11 is 3.21. The molecule has 1 fully saturated rings. The molecule has 3 aromatic heterocycles. The number of aryl methyl sites for hydroxylation is 2. The molecule has 7 nitrogen and oxygen atoms in total. The van der Waals surface area contributed by atoms with E-state index in [9.17, 15) is 4.79 Å². The lowest BCUT2D eigenvalue weighted by atomic mass is 10.2. The summed E-state index contributed by atoms with van der Waals surface area (Å²) in [6, 6.07) is 1.42. The highest BCUT2D eigenvalue weighted by Gasteiger charge is 2.24. The average molecular weight is 402 g/mol. The van der Waals surface area contributed by atoms with Crippen molar-refractivity contribution in [3.63, 3.8) is 0 Å². The van der Waals surface area contributed by atoms with Crippen LogP contribution in [0.2, 0.25) is 0 Å². The Kier molecular flexibility index (Phi) is 4.68. The van der Waals surface area contributed by atoms with E-state index >= 15 is 0 Å². The van der Waals surface area contributed by atoms with Crippen LogP contribution in [0.5, 0.6) is 0 Å². The number of hydrogen-bond acceptors (Lipinski definition) is 8. The predicted molar refractivity (Wildman–Crippen MR) is 105 cm³/mol. The van der Waals surface area contributed by atoms with E-state index in [0.29, 0.717) is 11.7 Å². The zero-order valence-corrected chi connectivity index (χ0v) is 16.4. The number of aromatic amines is 1. The van der Waals surface area contributed by atoms with Gasteiger partial charge in [0.15, 0.2) is 5.16 Å². The lowest BCUT2D eigenvalue weighted by Gasteiger charge is -2.25. The molecule has 0 unspecified atom stereocenters. The largest absolute Gasteiger partial charge is 0.379 e. The van der Waals surface area contributed by atoms with Crippen LogP contribution >= 0.6 is 23.1 Å². The Morgan fingerprint density at radius 1 is 1.26 bits per heavy atom. The minimum absolute atomic E-state index is 0.151. The zero-order valence-electron chi connectivity index (χ0n) is 14.7. The number of aromatic nitrogens is 4. The fourth-order valence-electron chi connectivity index (χ4n) is 3.60. The second-order valence-electron chi connectivity index (χ2n) is 6.71. The van der Waals surface area contributed by atoms with Crippen molar-refractivity contribution in [2.45, 2.75) is 36.0 Å². The molecule has 4 heterocycles. The molecule has 2 aliphatic rings. The molecule has 27 heavy (non-hydrogen) atoms. The van der Waals surface area contributed by atoms with Gasteiger partial charge in [0.25, 0.3) is 5.56 Å². The Labute approximate surface area is 164 Å². The zero-order chi connectivity index (χ0) is 18.2. The van der Waals surface area contributed by atoms with E-state index in [4.69, 9.17) is 14.7 Å². The second kappa shape index (κ2) is 7.31. The van der Waals surface area contributed by atoms with Gasteiger partial charge in [-0.15, -0.1) is 11.3 Å². The summed E-state index contributed by atoms with van der Waals surface area (Å²) in [5.74, 6) is 0.824. The van der Waals surface area contributed by atoms with Crippen molar-refractivity contribution < 1.29 is 4.74 Å². The van der Waals surface area contributed by atoms with E-state index in [1.54, 1.807) is 11.3 Å². The molecule has 0 atom stereocenters. The van der Waals surface area contributed by atoms with Crippen LogP contribution in [0.1, 0.15) is 22.7 Å². The number of nitrogens with zero attached hydrogens (tertiary/aromatic N) is 4. The van der Waals surface area contributed by atoms with E-state index in [2.05, 4.69) is 14.9 Å². The quantitative estimate of drug-likeness (QED) is 0.530. The van der Waals surface area contributed by atoms with E-state index in [0.717, 1.165) is 60.2 Å². The van der Waals surface area contributed by atoms with Crippen LogP contribution < -0.4 is 5.56 Å². The first-order valence-corrected chi connectivity index (χ1v) is 10.7. The van der Waals surface area contributed by atoms with Gasteiger partial charge in [-0.05, 0) is 36.6 Å². The van der Waals surface area contributed by atoms with Crippen molar-refractivity contribution in [3.05, 3.63) is 38.9 Å². The summed E-state index contributed by atoms with van der Waals surface area (Å²) in [6.45, 7) is 4.03. The number of morpholine rings is 1. The number of fused-ring (bicyclic) bond motifs is 3. The summed E-state index contributed by atoms with van der Waals surface area (Å²) < 4.78 is 5.44. The molecule has 1 aliphatic heterocycles. The molecule has 0 amide bonds. The van der Waals surface area contributed by atoms with Gasteiger partial charge in [0.1, 0.15) is 15.7 Å². The molecule has 5 rings (SSSR count). The highest BCUT2D eigenvalue weighted by Crippen LogP contribution is 2.41. The molecule has 9 heteroatoms. The predicted octanol–water partition coefficient (Wildman–Crippen LogP) is 2.25. The van der Waals surface area contributed by atoms with Crippen LogP contribution in [0.3, 0.4) is 0 Å². The molecule has 0 saturated carbocycles. The average Bonchev–Trinajstić information content (AvgIpc) is 3.23. The summed E-state index contributed by atoms with van der Waals surface area (Å²) in [5, 5.41) is 2.62. The molecule has 1 N–H and O–H groups in total. The topological polar surface area (TPSA) is 84.0 Å². The minimum Gasteiger partial charge on any atom is -0.379 e. The Hall–Kier alpha value is -1.81. The molecular formula is C18H19N5O2S2. The Bertz CT molecular complexity index is 1040. The van der Waals surface area contributed by atoms with Gasteiger partial charge in [0.2, 0.25) is 0 Å². The first kappa shape index (κ1) is 17.3. The van der Waals surface area contributed by atoms with Gasteiger partial charge in [0, 0.05) is 35.6 Å². The fourth-order valence-corrected chi connectivity index (χ4v) is 5.87. The van der Waals surface area contributed by atoms with Gasteiger partial charge in [-0.2, -0.15) is 0 Å². The molecule has 0 aromatic carbocycles. The maximum absolute atomic E-state index is 11.7. The van der Waals surface area contributed by atoms with Crippen molar-refractivity contribution in [3.8, 4) is 0 Å². The third-order valence-electron chi connectivity index (χ3n) is 4.89. The summed E-state index contributed by atoms with van der Waals surface area (Å²) in [5.41, 5.74) is 1.23. The molecule has 0 radical (unpaired) electrons. The minimum atomic E-state index is -0.151. The van der Waals surface area contributed by atoms with Gasteiger partial charge in [-0.3, -0.25) is 9.69 Å².